The fourth-order valence-corrected chi connectivity index (χ4v) is 1.68. The van der Waals surface area contributed by atoms with E-state index in [2.05, 4.69) is 33.1 Å². The Bertz CT molecular complexity index is 521. The van der Waals surface area contributed by atoms with Gasteiger partial charge in [0.15, 0.2) is 0 Å². The van der Waals surface area contributed by atoms with Crippen molar-refractivity contribution in [2.24, 2.45) is 0 Å². The number of ether oxygens (including phenoxy) is 1. The molecule has 0 aliphatic carbocycles. The SMILES string of the molecule is Cc1c(Br)cccc1C#CCNC(=O)OC(C)(C)C. The number of hydrogen-bond acceptors (Lipinski definition) is 2. The molecule has 19 heavy (non-hydrogen) atoms. The molecule has 0 saturated heterocycles. The summed E-state index contributed by atoms with van der Waals surface area (Å²) in [6.07, 6.45) is -0.451. The van der Waals surface area contributed by atoms with Gasteiger partial charge in [0.05, 0.1) is 6.54 Å². The van der Waals surface area contributed by atoms with Crippen LogP contribution in [-0.4, -0.2) is 18.2 Å². The van der Waals surface area contributed by atoms with E-state index in [1.165, 1.54) is 0 Å². The topological polar surface area (TPSA) is 38.3 Å². The molecule has 1 amide bonds. The van der Waals surface area contributed by atoms with Crippen LogP contribution in [0.2, 0.25) is 0 Å². The first-order chi connectivity index (χ1) is 8.79. The van der Waals surface area contributed by atoms with E-state index >= 15 is 0 Å². The average Bonchev–Trinajstić information content (AvgIpc) is 2.27. The predicted molar refractivity (Wildman–Crippen MR) is 80.0 cm³/mol. The Morgan fingerprint density at radius 3 is 2.74 bits per heavy atom. The summed E-state index contributed by atoms with van der Waals surface area (Å²) < 4.78 is 6.13. The Hall–Kier alpha value is -1.47. The molecule has 0 fully saturated rings. The predicted octanol–water partition coefficient (Wildman–Crippen LogP) is 3.63. The summed E-state index contributed by atoms with van der Waals surface area (Å²) in [7, 11) is 0. The van der Waals surface area contributed by atoms with Crippen LogP contribution in [0.25, 0.3) is 0 Å². The number of alkyl carbamates (subject to hydrolysis) is 1. The molecule has 1 aromatic carbocycles. The molecule has 0 bridgehead atoms. The smallest absolute Gasteiger partial charge is 0.408 e. The van der Waals surface area contributed by atoms with Gasteiger partial charge in [-0.25, -0.2) is 4.79 Å². The minimum Gasteiger partial charge on any atom is -0.444 e. The normalized spacial score (nSPS) is 10.4. The lowest BCUT2D eigenvalue weighted by molar-refractivity contribution is 0.0535. The second-order valence-corrected chi connectivity index (χ2v) is 5.92. The van der Waals surface area contributed by atoms with Gasteiger partial charge in [-0.3, -0.25) is 0 Å². The van der Waals surface area contributed by atoms with Crippen LogP contribution in [0.3, 0.4) is 0 Å². The first-order valence-corrected chi connectivity index (χ1v) is 6.80. The summed E-state index contributed by atoms with van der Waals surface area (Å²) >= 11 is 3.45. The molecule has 1 rings (SSSR count). The van der Waals surface area contributed by atoms with Crippen molar-refractivity contribution in [2.45, 2.75) is 33.3 Å². The molecule has 0 atom stereocenters. The molecule has 0 aliphatic heterocycles. The molecule has 0 spiro atoms. The number of carbonyl (C=O) groups is 1. The highest BCUT2D eigenvalue weighted by molar-refractivity contribution is 9.10. The number of nitrogens with one attached hydrogen (secondary N) is 1. The van der Waals surface area contributed by atoms with Crippen molar-refractivity contribution in [1.82, 2.24) is 5.32 Å². The van der Waals surface area contributed by atoms with Crippen LogP contribution in [0.15, 0.2) is 22.7 Å². The van der Waals surface area contributed by atoms with Crippen molar-refractivity contribution in [1.29, 1.82) is 0 Å². The maximum absolute atomic E-state index is 11.4. The van der Waals surface area contributed by atoms with Crippen LogP contribution >= 0.6 is 15.9 Å². The minimum absolute atomic E-state index is 0.265. The molecule has 1 N–H and O–H groups in total. The summed E-state index contributed by atoms with van der Waals surface area (Å²) in [6.45, 7) is 7.73. The third kappa shape index (κ3) is 5.80. The number of halogens is 1. The molecular formula is C15H18BrNO2. The lowest BCUT2D eigenvalue weighted by Crippen LogP contribution is -2.32. The van der Waals surface area contributed by atoms with Gasteiger partial charge in [-0.15, -0.1) is 0 Å². The van der Waals surface area contributed by atoms with Crippen molar-refractivity contribution in [2.75, 3.05) is 6.54 Å². The van der Waals surface area contributed by atoms with E-state index in [1.807, 2.05) is 45.9 Å². The van der Waals surface area contributed by atoms with E-state index in [0.717, 1.165) is 15.6 Å². The monoisotopic (exact) mass is 323 g/mol. The van der Waals surface area contributed by atoms with Crippen LogP contribution < -0.4 is 5.32 Å². The molecule has 0 heterocycles. The van der Waals surface area contributed by atoms with E-state index in [9.17, 15) is 4.79 Å². The maximum atomic E-state index is 11.4. The molecule has 0 aromatic heterocycles. The van der Waals surface area contributed by atoms with Crippen LogP contribution in [0.5, 0.6) is 0 Å². The number of carbonyl (C=O) groups excluding carboxylic acids is 1. The maximum Gasteiger partial charge on any atom is 0.408 e. The second kappa shape index (κ2) is 6.63. The van der Waals surface area contributed by atoms with E-state index in [1.54, 1.807) is 0 Å². The number of rotatable bonds is 1. The summed E-state index contributed by atoms with van der Waals surface area (Å²) in [6, 6.07) is 5.85. The second-order valence-electron chi connectivity index (χ2n) is 5.07. The fraction of sp³-hybridized carbons (Fsp3) is 0.400. The van der Waals surface area contributed by atoms with Gasteiger partial charge < -0.3 is 10.1 Å². The summed E-state index contributed by atoms with van der Waals surface area (Å²) in [5, 5.41) is 2.60. The van der Waals surface area contributed by atoms with Crippen molar-refractivity contribution in [3.05, 3.63) is 33.8 Å². The third-order valence-electron chi connectivity index (χ3n) is 2.21. The van der Waals surface area contributed by atoms with E-state index in [0.29, 0.717) is 0 Å². The third-order valence-corrected chi connectivity index (χ3v) is 3.07. The average molecular weight is 324 g/mol. The molecule has 0 unspecified atom stereocenters. The summed E-state index contributed by atoms with van der Waals surface area (Å²) in [4.78, 5) is 11.4. The van der Waals surface area contributed by atoms with Gasteiger partial charge in [-0.2, -0.15) is 0 Å². The molecule has 0 radical (unpaired) electrons. The fourth-order valence-electron chi connectivity index (χ4n) is 1.31. The summed E-state index contributed by atoms with van der Waals surface area (Å²) in [5.74, 6) is 5.93. The van der Waals surface area contributed by atoms with Gasteiger partial charge in [0, 0.05) is 10.0 Å². The Kier molecular flexibility index (Phi) is 5.44. The lowest BCUT2D eigenvalue weighted by Gasteiger charge is -2.19. The van der Waals surface area contributed by atoms with Gasteiger partial charge in [0.25, 0.3) is 0 Å². The standard InChI is InChI=1S/C15H18BrNO2/c1-11-12(7-5-9-13(11)16)8-6-10-17-14(18)19-15(2,3)4/h5,7,9H,10H2,1-4H3,(H,17,18). The Labute approximate surface area is 122 Å². The molecule has 4 heteroatoms. The lowest BCUT2D eigenvalue weighted by atomic mass is 10.1. The van der Waals surface area contributed by atoms with Gasteiger partial charge in [-0.05, 0) is 45.4 Å². The molecular weight excluding hydrogens is 306 g/mol. The van der Waals surface area contributed by atoms with Crippen molar-refractivity contribution in [3.63, 3.8) is 0 Å². The van der Waals surface area contributed by atoms with Gasteiger partial charge >= 0.3 is 6.09 Å². The van der Waals surface area contributed by atoms with Gasteiger partial charge in [-0.1, -0.05) is 33.8 Å². The van der Waals surface area contributed by atoms with Crippen LogP contribution in [0.4, 0.5) is 4.79 Å². The molecule has 1 aromatic rings. The van der Waals surface area contributed by atoms with Gasteiger partial charge in [0.1, 0.15) is 5.60 Å². The van der Waals surface area contributed by atoms with Crippen LogP contribution in [-0.2, 0) is 4.74 Å². The quantitative estimate of drug-likeness (QED) is 0.801. The number of amides is 1. The van der Waals surface area contributed by atoms with E-state index < -0.39 is 11.7 Å². The zero-order valence-corrected chi connectivity index (χ0v) is 13.2. The van der Waals surface area contributed by atoms with Gasteiger partial charge in [0.2, 0.25) is 0 Å². The Balaban J connectivity index is 2.53. The first kappa shape index (κ1) is 15.6. The van der Waals surface area contributed by atoms with E-state index in [-0.39, 0.29) is 6.54 Å². The van der Waals surface area contributed by atoms with Crippen molar-refractivity contribution in [3.8, 4) is 11.8 Å². The molecule has 102 valence electrons. The summed E-state index contributed by atoms with van der Waals surface area (Å²) in [5.41, 5.74) is 1.55. The molecule has 3 nitrogen and oxygen atoms in total. The highest BCUT2D eigenvalue weighted by Crippen LogP contribution is 2.18. The van der Waals surface area contributed by atoms with Crippen molar-refractivity contribution < 1.29 is 9.53 Å². The Morgan fingerprint density at radius 1 is 1.42 bits per heavy atom. The van der Waals surface area contributed by atoms with Crippen LogP contribution in [0, 0.1) is 18.8 Å². The van der Waals surface area contributed by atoms with E-state index in [4.69, 9.17) is 4.74 Å². The molecule has 0 saturated carbocycles. The molecule has 0 aliphatic rings. The number of hydrogen-bond donors (Lipinski definition) is 1. The Morgan fingerprint density at radius 2 is 2.11 bits per heavy atom. The highest BCUT2D eigenvalue weighted by atomic mass is 79.9. The van der Waals surface area contributed by atoms with Crippen molar-refractivity contribution >= 4 is 22.0 Å². The minimum atomic E-state index is -0.488. The largest absolute Gasteiger partial charge is 0.444 e. The zero-order valence-electron chi connectivity index (χ0n) is 11.6. The van der Waals surface area contributed by atoms with Crippen LogP contribution in [0.1, 0.15) is 31.9 Å². The highest BCUT2D eigenvalue weighted by Gasteiger charge is 2.14. The zero-order chi connectivity index (χ0) is 14.5. The first-order valence-electron chi connectivity index (χ1n) is 6.00. The number of benzene rings is 1.